The minimum absolute atomic E-state index is 0.258. The molecule has 0 unspecified atom stereocenters. The predicted octanol–water partition coefficient (Wildman–Crippen LogP) is 2.16. The first kappa shape index (κ1) is 11.0. The molecule has 0 atom stereocenters. The van der Waals surface area contributed by atoms with Crippen molar-refractivity contribution in [3.63, 3.8) is 0 Å². The smallest absolute Gasteiger partial charge is 0.165 e. The van der Waals surface area contributed by atoms with Crippen LogP contribution in [0.2, 0.25) is 0 Å². The van der Waals surface area contributed by atoms with Crippen molar-refractivity contribution >= 4 is 0 Å². The molecular formula is C11H16FNO. The summed E-state index contributed by atoms with van der Waals surface area (Å²) in [4.78, 5) is 0. The van der Waals surface area contributed by atoms with Crippen molar-refractivity contribution in [1.82, 2.24) is 0 Å². The van der Waals surface area contributed by atoms with Crippen LogP contribution in [0, 0.1) is 5.82 Å². The summed E-state index contributed by atoms with van der Waals surface area (Å²) in [6.45, 7) is 4.39. The Kier molecular flexibility index (Phi) is 3.11. The van der Waals surface area contributed by atoms with Crippen molar-refractivity contribution in [2.45, 2.75) is 25.7 Å². The Labute approximate surface area is 83.6 Å². The van der Waals surface area contributed by atoms with Crippen LogP contribution in [0.15, 0.2) is 18.2 Å². The SMILES string of the molecule is CC(C)(CCN)c1cccc(F)c1O. The van der Waals surface area contributed by atoms with Crippen LogP contribution in [-0.4, -0.2) is 11.7 Å². The summed E-state index contributed by atoms with van der Waals surface area (Å²) >= 11 is 0. The molecule has 0 amide bonds. The first-order valence-corrected chi connectivity index (χ1v) is 4.67. The molecule has 0 aromatic heterocycles. The standard InChI is InChI=1S/C11H16FNO/c1-11(2,6-7-13)8-4-3-5-9(12)10(8)14/h3-5,14H,6-7,13H2,1-2H3. The van der Waals surface area contributed by atoms with E-state index in [0.29, 0.717) is 18.5 Å². The molecule has 1 aromatic carbocycles. The molecule has 0 bridgehead atoms. The molecule has 0 heterocycles. The molecule has 0 spiro atoms. The van der Waals surface area contributed by atoms with Gasteiger partial charge in [0.05, 0.1) is 0 Å². The van der Waals surface area contributed by atoms with Gasteiger partial charge in [0.15, 0.2) is 11.6 Å². The molecule has 14 heavy (non-hydrogen) atoms. The minimum atomic E-state index is -0.576. The summed E-state index contributed by atoms with van der Waals surface area (Å²) in [6.07, 6.45) is 0.712. The van der Waals surface area contributed by atoms with Crippen molar-refractivity contribution in [1.29, 1.82) is 0 Å². The van der Waals surface area contributed by atoms with Crippen molar-refractivity contribution in [2.24, 2.45) is 5.73 Å². The Balaban J connectivity index is 3.12. The van der Waals surface area contributed by atoms with Crippen LogP contribution in [0.4, 0.5) is 4.39 Å². The third-order valence-electron chi connectivity index (χ3n) is 2.49. The Morgan fingerprint density at radius 1 is 1.43 bits per heavy atom. The number of hydrogen-bond acceptors (Lipinski definition) is 2. The molecule has 2 nitrogen and oxygen atoms in total. The van der Waals surface area contributed by atoms with Gasteiger partial charge in [-0.25, -0.2) is 4.39 Å². The summed E-state index contributed by atoms with van der Waals surface area (Å²) in [5.41, 5.74) is 5.79. The number of phenols is 1. The topological polar surface area (TPSA) is 46.2 Å². The van der Waals surface area contributed by atoms with Gasteiger partial charge in [0, 0.05) is 5.56 Å². The highest BCUT2D eigenvalue weighted by molar-refractivity contribution is 5.38. The Morgan fingerprint density at radius 3 is 2.64 bits per heavy atom. The van der Waals surface area contributed by atoms with Gasteiger partial charge in [0.1, 0.15) is 0 Å². The summed E-state index contributed by atoms with van der Waals surface area (Å²) < 4.78 is 13.1. The second kappa shape index (κ2) is 3.96. The van der Waals surface area contributed by atoms with E-state index >= 15 is 0 Å². The van der Waals surface area contributed by atoms with Crippen molar-refractivity contribution in [3.05, 3.63) is 29.6 Å². The summed E-state index contributed by atoms with van der Waals surface area (Å²) in [5, 5.41) is 9.54. The zero-order valence-electron chi connectivity index (χ0n) is 8.55. The lowest BCUT2D eigenvalue weighted by Gasteiger charge is -2.25. The normalized spacial score (nSPS) is 11.7. The van der Waals surface area contributed by atoms with E-state index in [-0.39, 0.29) is 11.2 Å². The Bertz CT molecular complexity index is 323. The van der Waals surface area contributed by atoms with Crippen LogP contribution in [0.25, 0.3) is 0 Å². The number of benzene rings is 1. The van der Waals surface area contributed by atoms with E-state index in [1.54, 1.807) is 12.1 Å². The van der Waals surface area contributed by atoms with Crippen molar-refractivity contribution in [2.75, 3.05) is 6.54 Å². The first-order chi connectivity index (χ1) is 6.49. The molecule has 3 heteroatoms. The third-order valence-corrected chi connectivity index (χ3v) is 2.49. The van der Waals surface area contributed by atoms with E-state index in [1.807, 2.05) is 13.8 Å². The van der Waals surface area contributed by atoms with E-state index < -0.39 is 5.82 Å². The van der Waals surface area contributed by atoms with Gasteiger partial charge in [-0.1, -0.05) is 26.0 Å². The summed E-state index contributed by atoms with van der Waals surface area (Å²) in [7, 11) is 0. The quantitative estimate of drug-likeness (QED) is 0.780. The van der Waals surface area contributed by atoms with Crippen LogP contribution in [0.3, 0.4) is 0 Å². The fourth-order valence-electron chi connectivity index (χ4n) is 1.56. The number of aromatic hydroxyl groups is 1. The monoisotopic (exact) mass is 197 g/mol. The van der Waals surface area contributed by atoms with Gasteiger partial charge < -0.3 is 10.8 Å². The van der Waals surface area contributed by atoms with E-state index in [1.165, 1.54) is 6.07 Å². The number of halogens is 1. The van der Waals surface area contributed by atoms with Crippen LogP contribution in [0.1, 0.15) is 25.8 Å². The molecule has 0 fully saturated rings. The van der Waals surface area contributed by atoms with E-state index in [4.69, 9.17) is 5.73 Å². The van der Waals surface area contributed by atoms with Gasteiger partial charge in [0.2, 0.25) is 0 Å². The predicted molar refractivity (Wildman–Crippen MR) is 54.8 cm³/mol. The van der Waals surface area contributed by atoms with Crippen LogP contribution < -0.4 is 5.73 Å². The number of nitrogens with two attached hydrogens (primary N) is 1. The number of hydrogen-bond donors (Lipinski definition) is 2. The van der Waals surface area contributed by atoms with Crippen LogP contribution >= 0.6 is 0 Å². The summed E-state index contributed by atoms with van der Waals surface area (Å²) in [6, 6.07) is 4.58. The lowest BCUT2D eigenvalue weighted by atomic mass is 9.81. The lowest BCUT2D eigenvalue weighted by molar-refractivity contribution is 0.395. The largest absolute Gasteiger partial charge is 0.505 e. The molecule has 0 saturated heterocycles. The molecule has 1 rings (SSSR count). The van der Waals surface area contributed by atoms with Gasteiger partial charge in [-0.05, 0) is 24.4 Å². The fraction of sp³-hybridized carbons (Fsp3) is 0.455. The number of rotatable bonds is 3. The minimum Gasteiger partial charge on any atom is -0.505 e. The van der Waals surface area contributed by atoms with Gasteiger partial charge in [-0.2, -0.15) is 0 Å². The molecule has 0 saturated carbocycles. The molecule has 0 aliphatic rings. The zero-order valence-corrected chi connectivity index (χ0v) is 8.55. The molecule has 1 aromatic rings. The summed E-state index contributed by atoms with van der Waals surface area (Å²) in [5.74, 6) is -0.835. The highest BCUT2D eigenvalue weighted by Crippen LogP contribution is 2.34. The van der Waals surface area contributed by atoms with Gasteiger partial charge in [-0.3, -0.25) is 0 Å². The average molecular weight is 197 g/mol. The second-order valence-electron chi connectivity index (χ2n) is 4.06. The molecule has 78 valence electrons. The highest BCUT2D eigenvalue weighted by Gasteiger charge is 2.24. The molecule has 0 aliphatic carbocycles. The van der Waals surface area contributed by atoms with E-state index in [0.717, 1.165) is 0 Å². The number of phenolic OH excluding ortho intramolecular Hbond substituents is 1. The maximum atomic E-state index is 13.1. The fourth-order valence-corrected chi connectivity index (χ4v) is 1.56. The van der Waals surface area contributed by atoms with E-state index in [9.17, 15) is 9.50 Å². The highest BCUT2D eigenvalue weighted by atomic mass is 19.1. The van der Waals surface area contributed by atoms with Gasteiger partial charge in [0.25, 0.3) is 0 Å². The molecule has 0 radical (unpaired) electrons. The van der Waals surface area contributed by atoms with Gasteiger partial charge >= 0.3 is 0 Å². The molecule has 3 N–H and O–H groups in total. The Hall–Kier alpha value is -1.09. The second-order valence-corrected chi connectivity index (χ2v) is 4.06. The zero-order chi connectivity index (χ0) is 10.8. The van der Waals surface area contributed by atoms with Gasteiger partial charge in [-0.15, -0.1) is 0 Å². The molecular weight excluding hydrogens is 181 g/mol. The number of para-hydroxylation sites is 1. The maximum Gasteiger partial charge on any atom is 0.165 e. The maximum absolute atomic E-state index is 13.1. The average Bonchev–Trinajstić information content (AvgIpc) is 2.09. The van der Waals surface area contributed by atoms with E-state index in [2.05, 4.69) is 0 Å². The van der Waals surface area contributed by atoms with Crippen LogP contribution in [-0.2, 0) is 5.41 Å². The van der Waals surface area contributed by atoms with Crippen molar-refractivity contribution in [3.8, 4) is 5.75 Å². The molecule has 0 aliphatic heterocycles. The lowest BCUT2D eigenvalue weighted by Crippen LogP contribution is -2.22. The Morgan fingerprint density at radius 2 is 2.07 bits per heavy atom. The third kappa shape index (κ3) is 2.04. The first-order valence-electron chi connectivity index (χ1n) is 4.67. The van der Waals surface area contributed by atoms with Crippen molar-refractivity contribution < 1.29 is 9.50 Å². The van der Waals surface area contributed by atoms with Crippen LogP contribution in [0.5, 0.6) is 5.75 Å².